The number of nitrogens with zero attached hydrogens (tertiary/aromatic N) is 2. The molecule has 1 saturated carbocycles. The molecule has 3 N–H and O–H groups in total. The number of carbonyl (C=O) groups is 4. The topological polar surface area (TPSA) is 135 Å². The van der Waals surface area contributed by atoms with Gasteiger partial charge in [-0.25, -0.2) is 4.90 Å². The minimum absolute atomic E-state index is 0.0126. The van der Waals surface area contributed by atoms with Crippen molar-refractivity contribution in [3.63, 3.8) is 0 Å². The van der Waals surface area contributed by atoms with E-state index in [1.165, 1.54) is 23.1 Å². The molecule has 244 valence electrons. The molecule has 4 aromatic carbocycles. The summed E-state index contributed by atoms with van der Waals surface area (Å²) in [6.45, 7) is 0. The zero-order valence-corrected chi connectivity index (χ0v) is 26.8. The third-order valence-corrected chi connectivity index (χ3v) is 11.0. The lowest BCUT2D eigenvalue weighted by atomic mass is 9.49. The third kappa shape index (κ3) is 4.55. The molecule has 4 aliphatic rings. The van der Waals surface area contributed by atoms with E-state index in [0.717, 1.165) is 10.5 Å². The summed E-state index contributed by atoms with van der Waals surface area (Å²) < 4.78 is 0. The SMILES string of the molecule is O=C1[C@H]2[C@H](CC=C3[C@H]2C[C@H]2C(=O)N(c4cccc(Cl)c4)C(=O)[C@@]2(c2ccccc2)[C@H]3c2cccc(O)c2)C(=O)N1c1cccc(B(O)O)c1. The van der Waals surface area contributed by atoms with Crippen LogP contribution in [0.25, 0.3) is 0 Å². The smallest absolute Gasteiger partial charge is 0.488 e. The summed E-state index contributed by atoms with van der Waals surface area (Å²) in [4.78, 5) is 60.7. The maximum Gasteiger partial charge on any atom is 0.488 e. The Bertz CT molecular complexity index is 2090. The van der Waals surface area contributed by atoms with Crippen LogP contribution in [-0.2, 0) is 24.6 Å². The molecule has 0 bridgehead atoms. The van der Waals surface area contributed by atoms with Gasteiger partial charge in [-0.1, -0.05) is 83.9 Å². The predicted octanol–water partition coefficient (Wildman–Crippen LogP) is 4.09. The Morgan fingerprint density at radius 2 is 1.45 bits per heavy atom. The van der Waals surface area contributed by atoms with E-state index >= 15 is 4.79 Å². The molecule has 4 aromatic rings. The maximum absolute atomic E-state index is 15.2. The van der Waals surface area contributed by atoms with Crippen molar-refractivity contribution in [3.8, 4) is 5.75 Å². The van der Waals surface area contributed by atoms with Gasteiger partial charge >= 0.3 is 7.12 Å². The summed E-state index contributed by atoms with van der Waals surface area (Å²) >= 11 is 6.36. The minimum atomic E-state index is -1.79. The van der Waals surface area contributed by atoms with Gasteiger partial charge in [-0.15, -0.1) is 0 Å². The molecule has 2 aliphatic carbocycles. The molecule has 2 saturated heterocycles. The van der Waals surface area contributed by atoms with E-state index in [2.05, 4.69) is 0 Å². The van der Waals surface area contributed by atoms with E-state index in [0.29, 0.717) is 21.8 Å². The predicted molar refractivity (Wildman–Crippen MR) is 183 cm³/mol. The highest BCUT2D eigenvalue weighted by Crippen LogP contribution is 2.64. The van der Waals surface area contributed by atoms with Gasteiger partial charge in [0.05, 0.1) is 34.5 Å². The van der Waals surface area contributed by atoms with Crippen molar-refractivity contribution in [1.29, 1.82) is 0 Å². The molecule has 3 fully saturated rings. The first-order valence-electron chi connectivity index (χ1n) is 16.1. The van der Waals surface area contributed by atoms with E-state index in [1.807, 2.05) is 42.5 Å². The molecule has 49 heavy (non-hydrogen) atoms. The number of aromatic hydroxyl groups is 1. The number of phenolic OH excluding ortho intramolecular Hbond substituents is 1. The second kappa shape index (κ2) is 11.5. The Hall–Kier alpha value is -5.03. The number of anilines is 2. The van der Waals surface area contributed by atoms with Gasteiger partial charge in [0.15, 0.2) is 0 Å². The van der Waals surface area contributed by atoms with Gasteiger partial charge in [0.25, 0.3) is 0 Å². The average molecular weight is 673 g/mol. The zero-order chi connectivity index (χ0) is 34.2. The van der Waals surface area contributed by atoms with Gasteiger partial charge in [0.1, 0.15) is 5.75 Å². The second-order valence-corrected chi connectivity index (χ2v) is 13.6. The highest BCUT2D eigenvalue weighted by atomic mass is 35.5. The molecule has 0 aromatic heterocycles. The molecule has 2 heterocycles. The Kier molecular flexibility index (Phi) is 7.37. The summed E-state index contributed by atoms with van der Waals surface area (Å²) in [7, 11) is -1.79. The average Bonchev–Trinajstić information content (AvgIpc) is 3.49. The van der Waals surface area contributed by atoms with Crippen molar-refractivity contribution in [2.45, 2.75) is 24.2 Å². The molecule has 2 aliphatic heterocycles. The molecule has 9 nitrogen and oxygen atoms in total. The molecule has 0 unspecified atom stereocenters. The number of amides is 4. The van der Waals surface area contributed by atoms with Crippen LogP contribution in [0.1, 0.15) is 29.9 Å². The van der Waals surface area contributed by atoms with Crippen LogP contribution < -0.4 is 15.3 Å². The molecule has 6 atom stereocenters. The van der Waals surface area contributed by atoms with Crippen LogP contribution in [-0.4, -0.2) is 45.9 Å². The van der Waals surface area contributed by atoms with Gasteiger partial charge in [0.2, 0.25) is 23.6 Å². The zero-order valence-electron chi connectivity index (χ0n) is 26.0. The van der Waals surface area contributed by atoms with E-state index < -0.39 is 65.8 Å². The van der Waals surface area contributed by atoms with Crippen molar-refractivity contribution in [3.05, 3.63) is 131 Å². The molecule has 0 radical (unpaired) electrons. The quantitative estimate of drug-likeness (QED) is 0.165. The highest BCUT2D eigenvalue weighted by Gasteiger charge is 2.70. The molecule has 0 spiro atoms. The molecule has 8 rings (SSSR count). The van der Waals surface area contributed by atoms with E-state index in [-0.39, 0.29) is 29.7 Å². The number of benzene rings is 4. The number of fused-ring (bicyclic) bond motifs is 4. The minimum Gasteiger partial charge on any atom is -0.508 e. The lowest BCUT2D eigenvalue weighted by Crippen LogP contribution is -2.53. The Balaban J connectivity index is 1.33. The first kappa shape index (κ1) is 31.3. The van der Waals surface area contributed by atoms with Crippen LogP contribution in [0.5, 0.6) is 5.75 Å². The summed E-state index contributed by atoms with van der Waals surface area (Å²) in [5.74, 6) is -5.55. The first-order chi connectivity index (χ1) is 23.6. The van der Waals surface area contributed by atoms with Gasteiger partial charge < -0.3 is 15.2 Å². The van der Waals surface area contributed by atoms with E-state index in [9.17, 15) is 29.5 Å². The number of allylic oxidation sites excluding steroid dienone is 2. The number of hydrogen-bond acceptors (Lipinski definition) is 7. The van der Waals surface area contributed by atoms with Crippen molar-refractivity contribution < 1.29 is 34.3 Å². The fourth-order valence-electron chi connectivity index (χ4n) is 8.90. The Morgan fingerprint density at radius 3 is 2.16 bits per heavy atom. The largest absolute Gasteiger partial charge is 0.508 e. The summed E-state index contributed by atoms with van der Waals surface area (Å²) in [5, 5.41) is 30.6. The standard InChI is InChI=1S/C38H30BClN2O7/c40-24-11-6-13-26(19-24)42-35(45)31-20-30-28(15-16-29-32(30)36(46)41(34(29)44)25-12-5-10-23(18-25)39(48)49)33(21-7-4-14-27(43)17-21)38(31,37(42)47)22-8-2-1-3-9-22/h1-15,17-19,29-33,43,48-49H,16,20H2/t29-,30+,31-,32-,33-,38+/m0/s1. The van der Waals surface area contributed by atoms with Crippen molar-refractivity contribution in [2.75, 3.05) is 9.80 Å². The van der Waals surface area contributed by atoms with E-state index in [4.69, 9.17) is 11.6 Å². The lowest BCUT2D eigenvalue weighted by Gasteiger charge is -2.50. The third-order valence-electron chi connectivity index (χ3n) is 10.8. The number of carbonyl (C=O) groups excluding carboxylic acids is 4. The van der Waals surface area contributed by atoms with Gasteiger partial charge in [-0.05, 0) is 77.8 Å². The molecule has 11 heteroatoms. The summed E-state index contributed by atoms with van der Waals surface area (Å²) in [5.41, 5.74) is 1.26. The highest BCUT2D eigenvalue weighted by molar-refractivity contribution is 6.58. The Labute approximate surface area is 287 Å². The van der Waals surface area contributed by atoms with Crippen LogP contribution >= 0.6 is 11.6 Å². The fourth-order valence-corrected chi connectivity index (χ4v) is 9.09. The number of phenols is 1. The molecule has 4 amide bonds. The van der Waals surface area contributed by atoms with Gasteiger partial charge in [-0.3, -0.25) is 24.1 Å². The number of hydrogen-bond donors (Lipinski definition) is 3. The van der Waals surface area contributed by atoms with Crippen LogP contribution in [0.2, 0.25) is 5.02 Å². The maximum atomic E-state index is 15.2. The lowest BCUT2D eigenvalue weighted by molar-refractivity contribution is -0.127. The van der Waals surface area contributed by atoms with Crippen molar-refractivity contribution >= 4 is 59.2 Å². The summed E-state index contributed by atoms with van der Waals surface area (Å²) in [6.07, 6.45) is 2.30. The van der Waals surface area contributed by atoms with Crippen molar-refractivity contribution in [1.82, 2.24) is 0 Å². The molecular formula is C38H30BClN2O7. The Morgan fingerprint density at radius 1 is 0.735 bits per heavy atom. The second-order valence-electron chi connectivity index (χ2n) is 13.2. The van der Waals surface area contributed by atoms with Crippen LogP contribution in [0.4, 0.5) is 11.4 Å². The van der Waals surface area contributed by atoms with Crippen LogP contribution in [0.15, 0.2) is 115 Å². The number of rotatable bonds is 5. The van der Waals surface area contributed by atoms with Crippen LogP contribution in [0.3, 0.4) is 0 Å². The van der Waals surface area contributed by atoms with Crippen LogP contribution in [0, 0.1) is 23.7 Å². The molecular weight excluding hydrogens is 643 g/mol. The van der Waals surface area contributed by atoms with E-state index in [1.54, 1.807) is 48.5 Å². The summed E-state index contributed by atoms with van der Waals surface area (Å²) in [6, 6.07) is 28.4. The van der Waals surface area contributed by atoms with Gasteiger partial charge in [-0.2, -0.15) is 0 Å². The van der Waals surface area contributed by atoms with Gasteiger partial charge in [0, 0.05) is 10.9 Å². The van der Waals surface area contributed by atoms with Crippen molar-refractivity contribution in [2.24, 2.45) is 23.7 Å². The number of halogens is 1. The normalized spacial score (nSPS) is 27.5. The monoisotopic (exact) mass is 672 g/mol. The first-order valence-corrected chi connectivity index (χ1v) is 16.5. The fraction of sp³-hybridized carbons (Fsp3) is 0.211. The number of imide groups is 2.